The van der Waals surface area contributed by atoms with E-state index in [2.05, 4.69) is 48.7 Å². The van der Waals surface area contributed by atoms with E-state index in [0.29, 0.717) is 18.1 Å². The van der Waals surface area contributed by atoms with E-state index in [1.165, 1.54) is 0 Å². The molecule has 0 spiro atoms. The van der Waals surface area contributed by atoms with Gasteiger partial charge in [0.2, 0.25) is 0 Å². The number of nitrogens with zero attached hydrogens (tertiary/aromatic N) is 1. The maximum absolute atomic E-state index is 5.71. The first-order valence-corrected chi connectivity index (χ1v) is 5.16. The van der Waals surface area contributed by atoms with Crippen molar-refractivity contribution < 1.29 is 0 Å². The molecule has 0 aliphatic heterocycles. The Morgan fingerprint density at radius 1 is 1.69 bits per heavy atom. The van der Waals surface area contributed by atoms with Gasteiger partial charge in [-0.15, -0.1) is 0 Å². The molecule has 0 fully saturated rings. The Kier molecular flexibility index (Phi) is 3.74. The summed E-state index contributed by atoms with van der Waals surface area (Å²) in [6.07, 6.45) is 1.69. The third-order valence-corrected chi connectivity index (χ3v) is 2.05. The summed E-state index contributed by atoms with van der Waals surface area (Å²) in [6, 6.07) is 1.80. The molecule has 3 nitrogen and oxygen atoms in total. The Morgan fingerprint density at radius 3 is 2.92 bits per heavy atom. The monoisotopic (exact) mass is 305 g/mol. The standard InChI is InChI=1S/C8H9Br2N3/c1-5(9)3-12-8-7(11)2-6(10)4-13-8/h2,4H,1,3,11H2,(H,12,13). The summed E-state index contributed by atoms with van der Waals surface area (Å²) in [7, 11) is 0. The first kappa shape index (κ1) is 10.5. The number of nitrogens with two attached hydrogens (primary N) is 1. The van der Waals surface area contributed by atoms with Crippen molar-refractivity contribution in [3.8, 4) is 0 Å². The van der Waals surface area contributed by atoms with Gasteiger partial charge in [-0.3, -0.25) is 0 Å². The Bertz CT molecular complexity index is 325. The molecular weight excluding hydrogens is 298 g/mol. The average Bonchev–Trinajstić information content (AvgIpc) is 2.02. The van der Waals surface area contributed by atoms with Gasteiger partial charge in [-0.1, -0.05) is 22.5 Å². The van der Waals surface area contributed by atoms with E-state index in [9.17, 15) is 0 Å². The van der Waals surface area contributed by atoms with Crippen LogP contribution in [-0.2, 0) is 0 Å². The van der Waals surface area contributed by atoms with Gasteiger partial charge in [-0.05, 0) is 22.0 Å². The molecule has 5 heteroatoms. The Balaban J connectivity index is 2.72. The van der Waals surface area contributed by atoms with E-state index in [1.807, 2.05) is 0 Å². The summed E-state index contributed by atoms with van der Waals surface area (Å²) in [5.41, 5.74) is 6.32. The lowest BCUT2D eigenvalue weighted by Crippen LogP contribution is -2.05. The molecule has 1 aromatic heterocycles. The van der Waals surface area contributed by atoms with Gasteiger partial charge in [0, 0.05) is 21.7 Å². The molecule has 1 rings (SSSR count). The number of hydrogen-bond acceptors (Lipinski definition) is 3. The number of pyridine rings is 1. The molecule has 0 saturated heterocycles. The lowest BCUT2D eigenvalue weighted by molar-refractivity contribution is 1.22. The number of hydrogen-bond donors (Lipinski definition) is 2. The van der Waals surface area contributed by atoms with Crippen LogP contribution >= 0.6 is 31.9 Å². The zero-order valence-corrected chi connectivity index (χ0v) is 10.0. The van der Waals surface area contributed by atoms with E-state index in [-0.39, 0.29) is 0 Å². The largest absolute Gasteiger partial charge is 0.396 e. The van der Waals surface area contributed by atoms with Crippen molar-refractivity contribution in [1.29, 1.82) is 0 Å². The van der Waals surface area contributed by atoms with Crippen LogP contribution in [0, 0.1) is 0 Å². The lowest BCUT2D eigenvalue weighted by atomic mass is 10.4. The highest BCUT2D eigenvalue weighted by Gasteiger charge is 2.00. The smallest absolute Gasteiger partial charge is 0.149 e. The molecule has 1 aromatic rings. The number of aromatic nitrogens is 1. The maximum Gasteiger partial charge on any atom is 0.149 e. The highest BCUT2D eigenvalue weighted by Crippen LogP contribution is 2.20. The van der Waals surface area contributed by atoms with E-state index >= 15 is 0 Å². The van der Waals surface area contributed by atoms with Gasteiger partial charge < -0.3 is 11.1 Å². The van der Waals surface area contributed by atoms with Gasteiger partial charge in [0.1, 0.15) is 5.82 Å². The molecule has 1 heterocycles. The second-order valence-corrected chi connectivity index (χ2v) is 4.50. The number of halogens is 2. The van der Waals surface area contributed by atoms with E-state index in [0.717, 1.165) is 8.96 Å². The van der Waals surface area contributed by atoms with Gasteiger partial charge in [0.15, 0.2) is 0 Å². The van der Waals surface area contributed by atoms with E-state index in [4.69, 9.17) is 5.73 Å². The summed E-state index contributed by atoms with van der Waals surface area (Å²) in [6.45, 7) is 4.30. The van der Waals surface area contributed by atoms with Crippen LogP contribution in [0.15, 0.2) is 27.8 Å². The zero-order valence-electron chi connectivity index (χ0n) is 6.85. The van der Waals surface area contributed by atoms with Crippen molar-refractivity contribution in [3.05, 3.63) is 27.8 Å². The number of anilines is 2. The predicted octanol–water partition coefficient (Wildman–Crippen LogP) is 2.75. The van der Waals surface area contributed by atoms with Crippen LogP contribution in [0.2, 0.25) is 0 Å². The van der Waals surface area contributed by atoms with Gasteiger partial charge in [0.25, 0.3) is 0 Å². The van der Waals surface area contributed by atoms with Crippen LogP contribution in [-0.4, -0.2) is 11.5 Å². The van der Waals surface area contributed by atoms with Crippen LogP contribution in [0.1, 0.15) is 0 Å². The van der Waals surface area contributed by atoms with E-state index < -0.39 is 0 Å². The van der Waals surface area contributed by atoms with Crippen molar-refractivity contribution in [2.45, 2.75) is 0 Å². The zero-order chi connectivity index (χ0) is 9.84. The molecule has 0 bridgehead atoms. The van der Waals surface area contributed by atoms with Crippen molar-refractivity contribution in [1.82, 2.24) is 4.98 Å². The molecule has 0 radical (unpaired) electrons. The fraction of sp³-hybridized carbons (Fsp3) is 0.125. The number of rotatable bonds is 3. The molecule has 70 valence electrons. The van der Waals surface area contributed by atoms with E-state index in [1.54, 1.807) is 12.3 Å². The topological polar surface area (TPSA) is 50.9 Å². The molecule has 0 aromatic carbocycles. The summed E-state index contributed by atoms with van der Waals surface area (Å²) >= 11 is 6.52. The highest BCUT2D eigenvalue weighted by atomic mass is 79.9. The summed E-state index contributed by atoms with van der Waals surface area (Å²) < 4.78 is 1.73. The lowest BCUT2D eigenvalue weighted by Gasteiger charge is -2.06. The van der Waals surface area contributed by atoms with Gasteiger partial charge in [0.05, 0.1) is 5.69 Å². The van der Waals surface area contributed by atoms with Crippen molar-refractivity contribution >= 4 is 43.4 Å². The molecule has 13 heavy (non-hydrogen) atoms. The minimum absolute atomic E-state index is 0.610. The number of nitrogen functional groups attached to an aromatic ring is 1. The minimum atomic E-state index is 0.610. The molecule has 0 aliphatic carbocycles. The van der Waals surface area contributed by atoms with Crippen molar-refractivity contribution in [3.63, 3.8) is 0 Å². The SMILES string of the molecule is C=C(Br)CNc1ncc(Br)cc1N. The second kappa shape index (κ2) is 4.62. The van der Waals surface area contributed by atoms with Crippen LogP contribution < -0.4 is 11.1 Å². The Hall–Kier alpha value is -0.550. The predicted molar refractivity (Wildman–Crippen MR) is 62.9 cm³/mol. The van der Waals surface area contributed by atoms with Crippen LogP contribution in [0.3, 0.4) is 0 Å². The molecular formula is C8H9Br2N3. The summed E-state index contributed by atoms with van der Waals surface area (Å²) in [5.74, 6) is 0.670. The Labute approximate surface area is 93.7 Å². The average molecular weight is 307 g/mol. The maximum atomic E-state index is 5.71. The normalized spacial score (nSPS) is 9.69. The summed E-state index contributed by atoms with van der Waals surface area (Å²) in [5, 5.41) is 3.04. The van der Waals surface area contributed by atoms with Gasteiger partial charge >= 0.3 is 0 Å². The minimum Gasteiger partial charge on any atom is -0.396 e. The quantitative estimate of drug-likeness (QED) is 0.903. The highest BCUT2D eigenvalue weighted by molar-refractivity contribution is 9.11. The Morgan fingerprint density at radius 2 is 2.38 bits per heavy atom. The molecule has 0 saturated carbocycles. The number of nitrogens with one attached hydrogen (secondary N) is 1. The van der Waals surface area contributed by atoms with Gasteiger partial charge in [-0.25, -0.2) is 4.98 Å². The fourth-order valence-corrected chi connectivity index (χ4v) is 1.27. The molecule has 0 aliphatic rings. The van der Waals surface area contributed by atoms with Crippen molar-refractivity contribution in [2.75, 3.05) is 17.6 Å². The molecule has 3 N–H and O–H groups in total. The van der Waals surface area contributed by atoms with Crippen molar-refractivity contribution in [2.24, 2.45) is 0 Å². The van der Waals surface area contributed by atoms with Crippen LogP contribution in [0.5, 0.6) is 0 Å². The third-order valence-electron chi connectivity index (χ3n) is 1.33. The molecule has 0 amide bonds. The van der Waals surface area contributed by atoms with Crippen LogP contribution in [0.25, 0.3) is 0 Å². The summed E-state index contributed by atoms with van der Waals surface area (Å²) in [4.78, 5) is 4.10. The first-order chi connectivity index (χ1) is 6.09. The fourth-order valence-electron chi connectivity index (χ4n) is 0.782. The first-order valence-electron chi connectivity index (χ1n) is 3.58. The van der Waals surface area contributed by atoms with Gasteiger partial charge in [-0.2, -0.15) is 0 Å². The third kappa shape index (κ3) is 3.36. The molecule has 0 atom stereocenters. The second-order valence-electron chi connectivity index (χ2n) is 2.46. The molecule has 0 unspecified atom stereocenters. The van der Waals surface area contributed by atoms with Crippen LogP contribution in [0.4, 0.5) is 11.5 Å².